The van der Waals surface area contributed by atoms with E-state index < -0.39 is 0 Å². The quantitative estimate of drug-likeness (QED) is 0.144. The fraction of sp³-hybridized carbons (Fsp3) is 0. The Kier molecular flexibility index (Phi) is 9.54. The number of hydrogen-bond acceptors (Lipinski definition) is 0. The van der Waals surface area contributed by atoms with Gasteiger partial charge in [0.05, 0.1) is 22.1 Å². The van der Waals surface area contributed by atoms with E-state index in [-0.39, 0.29) is 0 Å². The van der Waals surface area contributed by atoms with E-state index in [9.17, 15) is 0 Å². The van der Waals surface area contributed by atoms with Gasteiger partial charge >= 0.3 is 0 Å². The van der Waals surface area contributed by atoms with E-state index in [1.54, 1.807) is 0 Å². The van der Waals surface area contributed by atoms with Gasteiger partial charge < -0.3 is 9.13 Å². The summed E-state index contributed by atoms with van der Waals surface area (Å²) in [5.41, 5.74) is 21.6. The van der Waals surface area contributed by atoms with Crippen molar-refractivity contribution in [2.45, 2.75) is 0 Å². The second-order valence-electron chi connectivity index (χ2n) is 17.7. The summed E-state index contributed by atoms with van der Waals surface area (Å²) < 4.78 is 4.77. The van der Waals surface area contributed by atoms with Crippen molar-refractivity contribution in [1.29, 1.82) is 0 Å². The van der Waals surface area contributed by atoms with Crippen molar-refractivity contribution in [3.05, 3.63) is 267 Å². The normalized spacial score (nSPS) is 11.5. The van der Waals surface area contributed by atoms with Crippen LogP contribution in [0.15, 0.2) is 267 Å². The Hall–Kier alpha value is -8.98. The Bertz CT molecular complexity index is 3680. The van der Waals surface area contributed by atoms with Crippen LogP contribution in [0.25, 0.3) is 122 Å². The molecule has 0 aliphatic rings. The van der Waals surface area contributed by atoms with Crippen molar-refractivity contribution >= 4 is 43.6 Å². The highest BCUT2D eigenvalue weighted by Crippen LogP contribution is 2.40. The number of hydrogen-bond donors (Lipinski definition) is 0. The molecule has 0 aliphatic carbocycles. The lowest BCUT2D eigenvalue weighted by atomic mass is 9.96. The fourth-order valence-corrected chi connectivity index (χ4v) is 10.3. The van der Waals surface area contributed by atoms with Gasteiger partial charge in [-0.3, -0.25) is 0 Å². The molecule has 2 heteroatoms. The highest BCUT2D eigenvalue weighted by molar-refractivity contribution is 6.13. The molecule has 318 valence electrons. The molecule has 2 aromatic heterocycles. The second-order valence-corrected chi connectivity index (χ2v) is 17.7. The average molecular weight is 865 g/mol. The molecule has 13 aromatic rings. The van der Waals surface area contributed by atoms with Crippen molar-refractivity contribution in [3.8, 4) is 78.1 Å². The molecule has 0 radical (unpaired) electrons. The molecular weight excluding hydrogens is 821 g/mol. The number of aromatic nitrogens is 2. The molecule has 0 amide bonds. The van der Waals surface area contributed by atoms with Gasteiger partial charge in [0, 0.05) is 32.9 Å². The van der Waals surface area contributed by atoms with Crippen LogP contribution in [0.3, 0.4) is 0 Å². The Morgan fingerprint density at radius 2 is 0.353 bits per heavy atom. The summed E-state index contributed by atoms with van der Waals surface area (Å²) in [5, 5.41) is 5.00. The molecule has 68 heavy (non-hydrogen) atoms. The topological polar surface area (TPSA) is 9.86 Å². The third-order valence-electron chi connectivity index (χ3n) is 13.8. The van der Waals surface area contributed by atoms with E-state index in [1.807, 2.05) is 0 Å². The van der Waals surface area contributed by atoms with Crippen LogP contribution in [0.4, 0.5) is 0 Å². The summed E-state index contributed by atoms with van der Waals surface area (Å²) in [6.45, 7) is 0. The SMILES string of the molecule is c1ccc(-c2ccc3c(c2)c2cc(-c4ccc(-c5ccc(-c6ccc(-c7ccc8c(c7)c7cc(-c9ccccc9)ccc7n8-c7ccccc7)cc6)cc5)cc4)ccc2n3-c2ccccc2)cc1. The first-order chi connectivity index (χ1) is 33.7. The van der Waals surface area contributed by atoms with E-state index >= 15 is 0 Å². The molecule has 0 N–H and O–H groups in total. The van der Waals surface area contributed by atoms with Crippen LogP contribution in [0.2, 0.25) is 0 Å². The second kappa shape index (κ2) is 16.5. The third kappa shape index (κ3) is 6.90. The van der Waals surface area contributed by atoms with Crippen molar-refractivity contribution in [3.63, 3.8) is 0 Å². The smallest absolute Gasteiger partial charge is 0.0541 e. The number of nitrogens with zero attached hydrogens (tertiary/aromatic N) is 2. The molecule has 0 bridgehead atoms. The molecule has 0 fully saturated rings. The molecule has 2 nitrogen and oxygen atoms in total. The molecule has 0 saturated heterocycles. The standard InChI is InChI=1S/C66H44N2/c1-5-13-45(14-6-1)53-33-37-63-59(41-53)61-43-55(35-39-65(61)67(63)57-17-9-3-10-18-57)51-29-25-49(26-30-51)47-21-23-48(24-22-47)50-27-31-52(32-28-50)56-36-40-66-62(44-56)60-42-54(46-15-7-2-8-16-46)34-38-64(60)68(66)58-19-11-4-12-20-58/h1-44H. The van der Waals surface area contributed by atoms with Crippen molar-refractivity contribution in [2.24, 2.45) is 0 Å². The van der Waals surface area contributed by atoms with E-state index in [4.69, 9.17) is 0 Å². The summed E-state index contributed by atoms with van der Waals surface area (Å²) in [4.78, 5) is 0. The van der Waals surface area contributed by atoms with Crippen LogP contribution in [0.1, 0.15) is 0 Å². The lowest BCUT2D eigenvalue weighted by Gasteiger charge is -2.10. The molecule has 0 atom stereocenters. The van der Waals surface area contributed by atoms with Crippen LogP contribution in [0.5, 0.6) is 0 Å². The van der Waals surface area contributed by atoms with Gasteiger partial charge in [-0.05, 0) is 140 Å². The summed E-state index contributed by atoms with van der Waals surface area (Å²) in [7, 11) is 0. The zero-order valence-corrected chi connectivity index (χ0v) is 37.3. The lowest BCUT2D eigenvalue weighted by molar-refractivity contribution is 1.18. The van der Waals surface area contributed by atoms with Gasteiger partial charge in [0.15, 0.2) is 0 Å². The Balaban J connectivity index is 0.781. The summed E-state index contributed by atoms with van der Waals surface area (Å²) in [6.07, 6.45) is 0. The van der Waals surface area contributed by atoms with Crippen LogP contribution in [0, 0.1) is 0 Å². The Morgan fingerprint density at radius 3 is 0.603 bits per heavy atom. The van der Waals surface area contributed by atoms with E-state index in [2.05, 4.69) is 276 Å². The largest absolute Gasteiger partial charge is 0.309 e. The minimum atomic E-state index is 1.16. The van der Waals surface area contributed by atoms with Crippen molar-refractivity contribution < 1.29 is 0 Å². The zero-order valence-electron chi connectivity index (χ0n) is 37.3. The van der Waals surface area contributed by atoms with Crippen LogP contribution >= 0.6 is 0 Å². The first kappa shape index (κ1) is 39.4. The van der Waals surface area contributed by atoms with Crippen LogP contribution < -0.4 is 0 Å². The Morgan fingerprint density at radius 1 is 0.162 bits per heavy atom. The van der Waals surface area contributed by atoms with Gasteiger partial charge in [0.2, 0.25) is 0 Å². The van der Waals surface area contributed by atoms with Crippen molar-refractivity contribution in [2.75, 3.05) is 0 Å². The van der Waals surface area contributed by atoms with Crippen LogP contribution in [-0.4, -0.2) is 9.13 Å². The molecule has 0 unspecified atom stereocenters. The zero-order chi connectivity index (χ0) is 45.0. The minimum absolute atomic E-state index is 1.16. The monoisotopic (exact) mass is 864 g/mol. The number of rotatable bonds is 8. The average Bonchev–Trinajstić information content (AvgIpc) is 3.93. The van der Waals surface area contributed by atoms with Crippen molar-refractivity contribution in [1.82, 2.24) is 9.13 Å². The van der Waals surface area contributed by atoms with Gasteiger partial charge in [-0.25, -0.2) is 0 Å². The van der Waals surface area contributed by atoms with Gasteiger partial charge in [0.25, 0.3) is 0 Å². The summed E-state index contributed by atoms with van der Waals surface area (Å²) >= 11 is 0. The van der Waals surface area contributed by atoms with Gasteiger partial charge in [0.1, 0.15) is 0 Å². The maximum atomic E-state index is 2.39. The van der Waals surface area contributed by atoms with Gasteiger partial charge in [-0.2, -0.15) is 0 Å². The molecular formula is C66H44N2. The molecule has 0 spiro atoms. The Labute approximate surface area is 395 Å². The van der Waals surface area contributed by atoms with Gasteiger partial charge in [-0.15, -0.1) is 0 Å². The fourth-order valence-electron chi connectivity index (χ4n) is 10.3. The van der Waals surface area contributed by atoms with E-state index in [0.29, 0.717) is 0 Å². The molecule has 11 aromatic carbocycles. The number of benzene rings is 11. The van der Waals surface area contributed by atoms with Crippen LogP contribution in [-0.2, 0) is 0 Å². The maximum Gasteiger partial charge on any atom is 0.0541 e. The predicted octanol–water partition coefficient (Wildman–Crippen LogP) is 17.9. The number of fused-ring (bicyclic) bond motifs is 6. The predicted molar refractivity (Wildman–Crippen MR) is 288 cm³/mol. The molecule has 0 saturated carbocycles. The highest BCUT2D eigenvalue weighted by atomic mass is 15.0. The lowest BCUT2D eigenvalue weighted by Crippen LogP contribution is -1.93. The maximum absolute atomic E-state index is 2.39. The number of para-hydroxylation sites is 2. The first-order valence-corrected chi connectivity index (χ1v) is 23.4. The summed E-state index contributed by atoms with van der Waals surface area (Å²) in [6, 6.07) is 97.3. The third-order valence-corrected chi connectivity index (χ3v) is 13.8. The molecule has 0 aliphatic heterocycles. The summed E-state index contributed by atoms with van der Waals surface area (Å²) in [5.74, 6) is 0. The highest BCUT2D eigenvalue weighted by Gasteiger charge is 2.17. The first-order valence-electron chi connectivity index (χ1n) is 23.4. The van der Waals surface area contributed by atoms with E-state index in [1.165, 1.54) is 110 Å². The molecule has 2 heterocycles. The molecule has 13 rings (SSSR count). The minimum Gasteiger partial charge on any atom is -0.309 e. The van der Waals surface area contributed by atoms with E-state index in [0.717, 1.165) is 11.4 Å². The van der Waals surface area contributed by atoms with Gasteiger partial charge in [-0.1, -0.05) is 194 Å².